The average molecular weight is 308 g/mol. The molecule has 0 aliphatic heterocycles. The topological polar surface area (TPSA) is 91.7 Å². The Morgan fingerprint density at radius 2 is 1.38 bits per heavy atom. The van der Waals surface area contributed by atoms with E-state index in [0.717, 1.165) is 5.56 Å². The molecule has 0 aliphatic carbocycles. The van der Waals surface area contributed by atoms with Gasteiger partial charge in [-0.15, -0.1) is 0 Å². The Hall–Kier alpha value is -2.18. The van der Waals surface area contributed by atoms with Crippen molar-refractivity contribution < 1.29 is 22.9 Å². The molecule has 0 saturated heterocycles. The highest BCUT2D eigenvalue weighted by atomic mass is 32.2. The first kappa shape index (κ1) is 16.9. The summed E-state index contributed by atoms with van der Waals surface area (Å²) in [5, 5.41) is 8.37. The minimum absolute atomic E-state index is 0.0741. The van der Waals surface area contributed by atoms with E-state index >= 15 is 0 Å². The fourth-order valence-corrected chi connectivity index (χ4v) is 1.99. The lowest BCUT2D eigenvalue weighted by atomic mass is 10.1. The third-order valence-electron chi connectivity index (χ3n) is 2.51. The molecular weight excluding hydrogens is 292 g/mol. The summed E-state index contributed by atoms with van der Waals surface area (Å²) in [7, 11) is -4.00. The van der Waals surface area contributed by atoms with Crippen LogP contribution in [0.3, 0.4) is 0 Å². The summed E-state index contributed by atoms with van der Waals surface area (Å²) in [6.07, 6.45) is 0.834. The summed E-state index contributed by atoms with van der Waals surface area (Å²) in [4.78, 5) is 10.1. The number of aliphatic carboxylic acids is 1. The van der Waals surface area contributed by atoms with E-state index in [-0.39, 0.29) is 11.3 Å². The maximum absolute atomic E-state index is 10.4. The van der Waals surface area contributed by atoms with Gasteiger partial charge in [-0.1, -0.05) is 48.5 Å². The van der Waals surface area contributed by atoms with Gasteiger partial charge in [0.15, 0.2) is 0 Å². The molecule has 21 heavy (non-hydrogen) atoms. The second-order valence-electron chi connectivity index (χ2n) is 4.17. The zero-order chi connectivity index (χ0) is 15.7. The molecule has 0 amide bonds. The summed E-state index contributed by atoms with van der Waals surface area (Å²) in [5.74, 6) is -0.742. The Morgan fingerprint density at radius 1 is 0.905 bits per heavy atom. The number of carbonyl (C=O) groups is 1. The van der Waals surface area contributed by atoms with Crippen LogP contribution in [0, 0.1) is 0 Å². The van der Waals surface area contributed by atoms with E-state index in [1.807, 2.05) is 30.3 Å². The summed E-state index contributed by atoms with van der Waals surface area (Å²) in [6, 6.07) is 17.0. The van der Waals surface area contributed by atoms with E-state index in [9.17, 15) is 13.2 Å². The van der Waals surface area contributed by atoms with Gasteiger partial charge in [-0.05, 0) is 24.1 Å². The van der Waals surface area contributed by atoms with Crippen molar-refractivity contribution in [2.24, 2.45) is 0 Å². The highest BCUT2D eigenvalue weighted by Gasteiger charge is 2.05. The standard InChI is InChI=1S/C9H10O2.C6H6O3S/c10-9(11)7-6-8-4-2-1-3-5-8;7-10(8,9)6-4-2-1-3-5-6/h1-5H,6-7H2,(H,10,11);1-5H,(H,7,8,9). The Kier molecular flexibility index (Phi) is 6.58. The van der Waals surface area contributed by atoms with E-state index in [0.29, 0.717) is 6.42 Å². The van der Waals surface area contributed by atoms with Crippen LogP contribution in [-0.2, 0) is 21.3 Å². The van der Waals surface area contributed by atoms with Gasteiger partial charge in [-0.25, -0.2) is 0 Å². The fourth-order valence-electron chi connectivity index (χ4n) is 1.49. The van der Waals surface area contributed by atoms with Crippen molar-refractivity contribution in [3.8, 4) is 0 Å². The maximum Gasteiger partial charge on any atom is 0.303 e. The van der Waals surface area contributed by atoms with E-state index in [2.05, 4.69) is 0 Å². The van der Waals surface area contributed by atoms with Crippen LogP contribution in [0.15, 0.2) is 65.6 Å². The summed E-state index contributed by atoms with van der Waals surface area (Å²) < 4.78 is 29.2. The van der Waals surface area contributed by atoms with E-state index < -0.39 is 16.1 Å². The molecule has 2 aromatic carbocycles. The first-order chi connectivity index (χ1) is 9.89. The minimum atomic E-state index is -4.00. The van der Waals surface area contributed by atoms with Gasteiger partial charge in [0.05, 0.1) is 4.90 Å². The smallest absolute Gasteiger partial charge is 0.303 e. The third-order valence-corrected chi connectivity index (χ3v) is 3.38. The lowest BCUT2D eigenvalue weighted by molar-refractivity contribution is -0.136. The molecule has 2 aromatic rings. The Balaban J connectivity index is 0.000000211. The lowest BCUT2D eigenvalue weighted by Crippen LogP contribution is -1.96. The molecule has 0 fully saturated rings. The van der Waals surface area contributed by atoms with Gasteiger partial charge >= 0.3 is 5.97 Å². The van der Waals surface area contributed by atoms with Crippen molar-refractivity contribution >= 4 is 16.1 Å². The second-order valence-corrected chi connectivity index (χ2v) is 5.59. The number of carboxylic acid groups (broad SMARTS) is 1. The number of benzene rings is 2. The van der Waals surface area contributed by atoms with Gasteiger partial charge in [-0.2, -0.15) is 8.42 Å². The van der Waals surface area contributed by atoms with Crippen molar-refractivity contribution in [3.63, 3.8) is 0 Å². The SMILES string of the molecule is O=C(O)CCc1ccccc1.O=S(=O)(O)c1ccccc1. The second kappa shape index (κ2) is 8.18. The molecule has 0 bridgehead atoms. The van der Waals surface area contributed by atoms with E-state index in [4.69, 9.17) is 9.66 Å². The lowest BCUT2D eigenvalue weighted by Gasteiger charge is -1.95. The van der Waals surface area contributed by atoms with Crippen LogP contribution >= 0.6 is 0 Å². The third kappa shape index (κ3) is 7.24. The van der Waals surface area contributed by atoms with Crippen molar-refractivity contribution in [3.05, 3.63) is 66.2 Å². The van der Waals surface area contributed by atoms with Crippen molar-refractivity contribution in [1.29, 1.82) is 0 Å². The highest BCUT2D eigenvalue weighted by molar-refractivity contribution is 7.85. The normalized spacial score (nSPS) is 10.3. The number of carboxylic acids is 1. The van der Waals surface area contributed by atoms with E-state index in [1.54, 1.807) is 18.2 Å². The largest absolute Gasteiger partial charge is 0.481 e. The predicted molar refractivity (Wildman–Crippen MR) is 78.7 cm³/mol. The van der Waals surface area contributed by atoms with Crippen LogP contribution in [0.25, 0.3) is 0 Å². The molecular formula is C15H16O5S. The quantitative estimate of drug-likeness (QED) is 0.847. The first-order valence-corrected chi connectivity index (χ1v) is 7.62. The molecule has 5 nitrogen and oxygen atoms in total. The number of hydrogen-bond donors (Lipinski definition) is 2. The summed E-state index contributed by atoms with van der Waals surface area (Å²) in [5.41, 5.74) is 1.08. The van der Waals surface area contributed by atoms with Crippen molar-refractivity contribution in [2.75, 3.05) is 0 Å². The first-order valence-electron chi connectivity index (χ1n) is 6.18. The minimum Gasteiger partial charge on any atom is -0.481 e. The molecule has 0 radical (unpaired) electrons. The number of rotatable bonds is 4. The molecule has 6 heteroatoms. The summed E-state index contributed by atoms with van der Waals surface area (Å²) >= 11 is 0. The van der Waals surface area contributed by atoms with Crippen LogP contribution in [0.2, 0.25) is 0 Å². The fraction of sp³-hybridized carbons (Fsp3) is 0.133. The van der Waals surface area contributed by atoms with Crippen molar-refractivity contribution in [2.45, 2.75) is 17.7 Å². The van der Waals surface area contributed by atoms with E-state index in [1.165, 1.54) is 12.1 Å². The molecule has 0 saturated carbocycles. The summed E-state index contributed by atoms with van der Waals surface area (Å²) in [6.45, 7) is 0. The molecule has 2 N–H and O–H groups in total. The predicted octanol–water partition coefficient (Wildman–Crippen LogP) is 2.64. The van der Waals surface area contributed by atoms with Crippen LogP contribution in [0.4, 0.5) is 0 Å². The number of hydrogen-bond acceptors (Lipinski definition) is 3. The molecule has 2 rings (SSSR count). The molecule has 0 unspecified atom stereocenters. The molecule has 0 atom stereocenters. The van der Waals surface area contributed by atoms with Crippen LogP contribution in [0.5, 0.6) is 0 Å². The highest BCUT2D eigenvalue weighted by Crippen LogP contribution is 2.05. The molecule has 0 heterocycles. The van der Waals surface area contributed by atoms with Gasteiger partial charge in [0.1, 0.15) is 0 Å². The zero-order valence-electron chi connectivity index (χ0n) is 11.2. The molecule has 112 valence electrons. The van der Waals surface area contributed by atoms with Gasteiger partial charge in [0.2, 0.25) is 0 Å². The maximum atomic E-state index is 10.4. The van der Waals surface area contributed by atoms with Crippen LogP contribution in [0.1, 0.15) is 12.0 Å². The molecule has 0 aliphatic rings. The van der Waals surface area contributed by atoms with Gasteiger partial charge in [0.25, 0.3) is 10.1 Å². The van der Waals surface area contributed by atoms with Crippen LogP contribution in [-0.4, -0.2) is 24.0 Å². The van der Waals surface area contributed by atoms with Crippen molar-refractivity contribution in [1.82, 2.24) is 0 Å². The molecule has 0 aromatic heterocycles. The number of aryl methyl sites for hydroxylation is 1. The Morgan fingerprint density at radius 3 is 1.76 bits per heavy atom. The zero-order valence-corrected chi connectivity index (χ0v) is 12.0. The van der Waals surface area contributed by atoms with Crippen LogP contribution < -0.4 is 0 Å². The Labute approximate surface area is 123 Å². The molecule has 0 spiro atoms. The average Bonchev–Trinajstić information content (AvgIpc) is 2.47. The van der Waals surface area contributed by atoms with Gasteiger partial charge in [0, 0.05) is 6.42 Å². The van der Waals surface area contributed by atoms with Gasteiger partial charge < -0.3 is 5.11 Å². The monoisotopic (exact) mass is 308 g/mol. The Bertz CT molecular complexity index is 651. The van der Waals surface area contributed by atoms with Gasteiger partial charge in [-0.3, -0.25) is 9.35 Å².